The lowest BCUT2D eigenvalue weighted by Crippen LogP contribution is -2.43. The van der Waals surface area contributed by atoms with Crippen LogP contribution in [0.5, 0.6) is 0 Å². The van der Waals surface area contributed by atoms with Crippen molar-refractivity contribution in [1.29, 1.82) is 0 Å². The topological polar surface area (TPSA) is 75.6 Å². The van der Waals surface area contributed by atoms with Gasteiger partial charge in [-0.3, -0.25) is 0 Å². The second kappa shape index (κ2) is 6.35. The first-order valence-electron chi connectivity index (χ1n) is 5.48. The summed E-state index contributed by atoms with van der Waals surface area (Å²) in [5.41, 5.74) is -0.613. The van der Waals surface area contributed by atoms with Crippen molar-refractivity contribution < 1.29 is 19.4 Å². The third kappa shape index (κ3) is 7.09. The molecule has 5 nitrogen and oxygen atoms in total. The lowest BCUT2D eigenvalue weighted by Gasteiger charge is -2.21. The Balaban J connectivity index is 4.19. The molecule has 1 unspecified atom stereocenters. The second-order valence-electron chi connectivity index (χ2n) is 4.68. The number of carbonyl (C=O) groups excluding carboxylic acids is 1. The molecular weight excluding hydrogens is 211 g/mol. The van der Waals surface area contributed by atoms with Crippen molar-refractivity contribution >= 4 is 12.1 Å². The van der Waals surface area contributed by atoms with Gasteiger partial charge in [-0.25, -0.2) is 9.59 Å². The minimum Gasteiger partial charge on any atom is -0.480 e. The molecule has 0 aliphatic heterocycles. The summed E-state index contributed by atoms with van der Waals surface area (Å²) in [5, 5.41) is 11.2. The fourth-order valence-corrected chi connectivity index (χ4v) is 1.12. The van der Waals surface area contributed by atoms with Gasteiger partial charge in [-0.05, 0) is 27.2 Å². The van der Waals surface area contributed by atoms with E-state index in [-0.39, 0.29) is 0 Å². The van der Waals surface area contributed by atoms with Crippen LogP contribution in [-0.2, 0) is 9.53 Å². The van der Waals surface area contributed by atoms with E-state index >= 15 is 0 Å². The first-order chi connectivity index (χ1) is 7.26. The lowest BCUT2D eigenvalue weighted by molar-refractivity contribution is -0.139. The molecular formula is C11H21NO4. The van der Waals surface area contributed by atoms with Gasteiger partial charge in [0.05, 0.1) is 0 Å². The van der Waals surface area contributed by atoms with Crippen molar-refractivity contribution in [3.63, 3.8) is 0 Å². The van der Waals surface area contributed by atoms with E-state index in [0.717, 1.165) is 12.8 Å². The monoisotopic (exact) mass is 232 g/mol. The Hall–Kier alpha value is -1.26. The van der Waals surface area contributed by atoms with E-state index in [1.54, 1.807) is 20.8 Å². The zero-order valence-corrected chi connectivity index (χ0v) is 10.4. The van der Waals surface area contributed by atoms with Crippen LogP contribution in [0.25, 0.3) is 0 Å². The van der Waals surface area contributed by atoms with Crippen LogP contribution < -0.4 is 5.32 Å². The summed E-state index contributed by atoms with van der Waals surface area (Å²) in [4.78, 5) is 22.2. The maximum Gasteiger partial charge on any atom is 0.408 e. The van der Waals surface area contributed by atoms with Gasteiger partial charge in [-0.15, -0.1) is 0 Å². The molecule has 0 aromatic rings. The van der Waals surface area contributed by atoms with Crippen molar-refractivity contribution in [1.82, 2.24) is 5.32 Å². The van der Waals surface area contributed by atoms with Crippen LogP contribution in [0.4, 0.5) is 4.79 Å². The van der Waals surface area contributed by atoms with Crippen LogP contribution in [0, 0.1) is 0 Å². The van der Waals surface area contributed by atoms with Crippen LogP contribution in [0.15, 0.2) is 0 Å². The smallest absolute Gasteiger partial charge is 0.408 e. The normalized spacial score (nSPS) is 13.0. The van der Waals surface area contributed by atoms with E-state index < -0.39 is 23.7 Å². The Kier molecular flexibility index (Phi) is 5.85. The standard InChI is InChI=1S/C11H21NO4/c1-5-6-7-8(9(13)14)12-10(15)16-11(2,3)4/h8H,5-7H2,1-4H3,(H,12,15)(H,13,14)/i9+1. The molecule has 1 atom stereocenters. The lowest BCUT2D eigenvalue weighted by atomic mass is 10.2. The molecule has 0 spiro atoms. The molecule has 0 aliphatic rings. The Labute approximate surface area is 96.2 Å². The summed E-state index contributed by atoms with van der Waals surface area (Å²) in [6.07, 6.45) is 1.38. The average Bonchev–Trinajstić information content (AvgIpc) is 2.08. The average molecular weight is 232 g/mol. The number of unbranched alkanes of at least 4 members (excludes halogenated alkanes) is 1. The summed E-state index contributed by atoms with van der Waals surface area (Å²) in [6, 6.07) is -0.866. The maximum atomic E-state index is 11.3. The van der Waals surface area contributed by atoms with Gasteiger partial charge in [0, 0.05) is 0 Å². The Morgan fingerprint density at radius 1 is 1.38 bits per heavy atom. The molecule has 0 fully saturated rings. The highest BCUT2D eigenvalue weighted by atomic mass is 16.6. The third-order valence-corrected chi connectivity index (χ3v) is 1.84. The molecule has 0 aromatic carbocycles. The SMILES string of the molecule is CCCCC(NC(=O)OC(C)(C)C)[13C](=O)O. The van der Waals surface area contributed by atoms with Gasteiger partial charge in [0.25, 0.3) is 0 Å². The molecule has 0 bridgehead atoms. The molecule has 2 N–H and O–H groups in total. The number of carboxylic acid groups (broad SMARTS) is 1. The molecule has 0 heterocycles. The number of nitrogens with one attached hydrogen (secondary N) is 1. The third-order valence-electron chi connectivity index (χ3n) is 1.84. The Morgan fingerprint density at radius 3 is 2.31 bits per heavy atom. The second-order valence-corrected chi connectivity index (χ2v) is 4.68. The number of hydrogen-bond acceptors (Lipinski definition) is 3. The fourth-order valence-electron chi connectivity index (χ4n) is 1.12. The first-order valence-corrected chi connectivity index (χ1v) is 5.48. The van der Waals surface area contributed by atoms with Gasteiger partial charge in [0.1, 0.15) is 11.6 Å². The highest BCUT2D eigenvalue weighted by Gasteiger charge is 2.23. The van der Waals surface area contributed by atoms with Gasteiger partial charge >= 0.3 is 12.1 Å². The summed E-state index contributed by atoms with van der Waals surface area (Å²) in [6.45, 7) is 7.16. The number of aliphatic carboxylic acids is 1. The van der Waals surface area contributed by atoms with E-state index in [4.69, 9.17) is 9.84 Å². The largest absolute Gasteiger partial charge is 0.480 e. The van der Waals surface area contributed by atoms with Crippen molar-refractivity contribution in [3.05, 3.63) is 0 Å². The fraction of sp³-hybridized carbons (Fsp3) is 0.818. The highest BCUT2D eigenvalue weighted by molar-refractivity contribution is 5.79. The summed E-state index contributed by atoms with van der Waals surface area (Å²) >= 11 is 0. The van der Waals surface area contributed by atoms with Crippen LogP contribution in [0.3, 0.4) is 0 Å². The Morgan fingerprint density at radius 2 is 1.94 bits per heavy atom. The van der Waals surface area contributed by atoms with Crippen LogP contribution in [0.1, 0.15) is 47.0 Å². The van der Waals surface area contributed by atoms with Crippen LogP contribution >= 0.6 is 0 Å². The molecule has 0 saturated carbocycles. The number of hydrogen-bond donors (Lipinski definition) is 2. The molecule has 0 aromatic heterocycles. The quantitative estimate of drug-likeness (QED) is 0.712. The highest BCUT2D eigenvalue weighted by Crippen LogP contribution is 2.08. The minimum absolute atomic E-state index is 0.422. The number of rotatable bonds is 5. The van der Waals surface area contributed by atoms with Crippen molar-refractivity contribution in [2.24, 2.45) is 0 Å². The van der Waals surface area contributed by atoms with Gasteiger partial charge in [0.15, 0.2) is 0 Å². The van der Waals surface area contributed by atoms with Crippen molar-refractivity contribution in [2.45, 2.75) is 58.6 Å². The molecule has 0 rings (SSSR count). The van der Waals surface area contributed by atoms with Crippen LogP contribution in [0.2, 0.25) is 0 Å². The van der Waals surface area contributed by atoms with Gasteiger partial charge in [0.2, 0.25) is 0 Å². The van der Waals surface area contributed by atoms with Crippen LogP contribution in [-0.4, -0.2) is 28.8 Å². The number of ether oxygens (including phenoxy) is 1. The predicted octanol–water partition coefficient (Wildman–Crippen LogP) is 2.15. The van der Waals surface area contributed by atoms with E-state index in [1.807, 2.05) is 6.92 Å². The van der Waals surface area contributed by atoms with E-state index in [2.05, 4.69) is 5.32 Å². The van der Waals surface area contributed by atoms with E-state index in [1.165, 1.54) is 0 Å². The van der Waals surface area contributed by atoms with Crippen molar-refractivity contribution in [2.75, 3.05) is 0 Å². The minimum atomic E-state index is -1.03. The first kappa shape index (κ1) is 14.7. The summed E-state index contributed by atoms with van der Waals surface area (Å²) < 4.78 is 4.98. The summed E-state index contributed by atoms with van der Waals surface area (Å²) in [7, 11) is 0. The number of carboxylic acids is 1. The molecule has 0 radical (unpaired) electrons. The number of carbonyl (C=O) groups is 2. The molecule has 5 heteroatoms. The van der Waals surface area contributed by atoms with Gasteiger partial charge < -0.3 is 15.2 Å². The number of amides is 1. The zero-order valence-electron chi connectivity index (χ0n) is 10.4. The number of alkyl carbamates (subject to hydrolysis) is 1. The van der Waals surface area contributed by atoms with Gasteiger partial charge in [-0.2, -0.15) is 0 Å². The molecule has 1 amide bonds. The van der Waals surface area contributed by atoms with E-state index in [0.29, 0.717) is 6.42 Å². The molecule has 94 valence electrons. The zero-order chi connectivity index (χ0) is 12.8. The van der Waals surface area contributed by atoms with Crippen molar-refractivity contribution in [3.8, 4) is 0 Å². The molecule has 0 saturated heterocycles. The Bertz CT molecular complexity index is 245. The predicted molar refractivity (Wildman–Crippen MR) is 60.3 cm³/mol. The van der Waals surface area contributed by atoms with Gasteiger partial charge in [-0.1, -0.05) is 19.8 Å². The van der Waals surface area contributed by atoms with E-state index in [9.17, 15) is 9.59 Å². The molecule has 0 aliphatic carbocycles. The molecule has 16 heavy (non-hydrogen) atoms. The maximum absolute atomic E-state index is 11.3. The summed E-state index contributed by atoms with van der Waals surface area (Å²) in [5.74, 6) is -1.03.